The number of aliphatic hydroxyl groups is 1. The number of methoxy groups -OCH3 is 4. The van der Waals surface area contributed by atoms with Gasteiger partial charge in [-0.05, 0) is 75.8 Å². The summed E-state index contributed by atoms with van der Waals surface area (Å²) in [6, 6.07) is 23.1. The minimum atomic E-state index is -0.435. The third-order valence-corrected chi connectivity index (χ3v) is 6.78. The number of hydrogen-bond acceptors (Lipinski definition) is 8. The molecule has 42 heavy (non-hydrogen) atoms. The van der Waals surface area contributed by atoms with Crippen molar-refractivity contribution in [1.29, 1.82) is 0 Å². The number of hydrogen-bond donors (Lipinski definition) is 2. The Hall–Kier alpha value is -5.15. The number of esters is 2. The van der Waals surface area contributed by atoms with E-state index in [1.807, 2.05) is 42.5 Å². The van der Waals surface area contributed by atoms with Gasteiger partial charge in [0.2, 0.25) is 0 Å². The number of carbonyl (C=O) groups excluding carboxylic acids is 3. The van der Waals surface area contributed by atoms with Crippen LogP contribution in [0, 0.1) is 0 Å². The van der Waals surface area contributed by atoms with Crippen LogP contribution in [-0.2, 0) is 22.6 Å². The summed E-state index contributed by atoms with van der Waals surface area (Å²) in [6.45, 7) is -0.0881. The van der Waals surface area contributed by atoms with Crippen LogP contribution < -0.4 is 14.8 Å². The third-order valence-electron chi connectivity index (χ3n) is 6.78. The Morgan fingerprint density at radius 3 is 1.64 bits per heavy atom. The quantitative estimate of drug-likeness (QED) is 0.255. The monoisotopic (exact) mass is 569 g/mol. The summed E-state index contributed by atoms with van der Waals surface area (Å²) in [4.78, 5) is 37.2. The van der Waals surface area contributed by atoms with E-state index in [1.165, 1.54) is 28.4 Å². The maximum Gasteiger partial charge on any atom is 0.337 e. The van der Waals surface area contributed by atoms with Gasteiger partial charge in [0.15, 0.2) is 0 Å². The molecule has 0 radical (unpaired) electrons. The predicted molar refractivity (Wildman–Crippen MR) is 157 cm³/mol. The Labute approximate surface area is 243 Å². The van der Waals surface area contributed by atoms with Crippen LogP contribution in [0.1, 0.15) is 42.2 Å². The number of benzene rings is 4. The molecule has 2 N–H and O–H groups in total. The van der Waals surface area contributed by atoms with Crippen molar-refractivity contribution in [1.82, 2.24) is 5.32 Å². The molecule has 0 atom stereocenters. The lowest BCUT2D eigenvalue weighted by Gasteiger charge is -2.17. The minimum absolute atomic E-state index is 0.148. The Balaban J connectivity index is 1.72. The molecule has 0 aliphatic rings. The second-order valence-electron chi connectivity index (χ2n) is 9.23. The molecule has 9 nitrogen and oxygen atoms in total. The standard InChI is InChI=1S/C33H31NO8/c1-39-28-15-20(19-35)16-29(40-2)30(28)31(36)34-18-26-17-25(21-5-9-23(10-6-21)32(37)41-3)13-14-27(26)22-7-11-24(12-8-22)33(38)42-4/h5-17,35H,18-19H2,1-4H3,(H,34,36). The molecule has 0 aromatic heterocycles. The van der Waals surface area contributed by atoms with E-state index in [2.05, 4.69) is 5.32 Å². The summed E-state index contributed by atoms with van der Waals surface area (Å²) in [5.74, 6) is -0.737. The van der Waals surface area contributed by atoms with E-state index in [4.69, 9.17) is 18.9 Å². The Kier molecular flexibility index (Phi) is 9.57. The van der Waals surface area contributed by atoms with Crippen molar-refractivity contribution in [3.63, 3.8) is 0 Å². The van der Waals surface area contributed by atoms with E-state index in [0.29, 0.717) is 16.7 Å². The SMILES string of the molecule is COC(=O)c1ccc(-c2ccc(-c3ccc(C(=O)OC)cc3)c(CNC(=O)c3c(OC)cc(CO)cc3OC)c2)cc1. The van der Waals surface area contributed by atoms with E-state index in [0.717, 1.165) is 27.8 Å². The normalized spacial score (nSPS) is 10.5. The fraction of sp³-hybridized carbons (Fsp3) is 0.182. The fourth-order valence-corrected chi connectivity index (χ4v) is 4.57. The van der Waals surface area contributed by atoms with Gasteiger partial charge >= 0.3 is 11.9 Å². The number of nitrogens with one attached hydrogen (secondary N) is 1. The largest absolute Gasteiger partial charge is 0.496 e. The fourth-order valence-electron chi connectivity index (χ4n) is 4.57. The average Bonchev–Trinajstić information content (AvgIpc) is 3.05. The summed E-state index contributed by atoms with van der Waals surface area (Å²) in [7, 11) is 5.55. The van der Waals surface area contributed by atoms with Crippen LogP contribution in [0.2, 0.25) is 0 Å². The third kappa shape index (κ3) is 6.42. The van der Waals surface area contributed by atoms with Gasteiger partial charge < -0.3 is 29.4 Å². The van der Waals surface area contributed by atoms with Gasteiger partial charge in [-0.1, -0.05) is 36.4 Å². The number of rotatable bonds is 10. The molecule has 0 aliphatic heterocycles. The molecule has 0 unspecified atom stereocenters. The Morgan fingerprint density at radius 2 is 1.17 bits per heavy atom. The molecule has 9 heteroatoms. The summed E-state index contributed by atoms with van der Waals surface area (Å²) in [5, 5.41) is 12.5. The zero-order valence-corrected chi connectivity index (χ0v) is 23.7. The van der Waals surface area contributed by atoms with Gasteiger partial charge in [0.25, 0.3) is 5.91 Å². The lowest BCUT2D eigenvalue weighted by Crippen LogP contribution is -2.24. The van der Waals surface area contributed by atoms with Crippen LogP contribution in [0.4, 0.5) is 0 Å². The Morgan fingerprint density at radius 1 is 0.667 bits per heavy atom. The highest BCUT2D eigenvalue weighted by atomic mass is 16.5. The second kappa shape index (κ2) is 13.5. The van der Waals surface area contributed by atoms with Crippen LogP contribution in [-0.4, -0.2) is 51.4 Å². The molecule has 0 bridgehead atoms. The van der Waals surface area contributed by atoms with Gasteiger partial charge in [0.1, 0.15) is 17.1 Å². The molecule has 0 spiro atoms. The van der Waals surface area contributed by atoms with Gasteiger partial charge in [0, 0.05) is 6.54 Å². The molecule has 0 saturated heterocycles. The van der Waals surface area contributed by atoms with Crippen LogP contribution in [0.3, 0.4) is 0 Å². The highest BCUT2D eigenvalue weighted by molar-refractivity contribution is 6.00. The number of aliphatic hydroxyl groups excluding tert-OH is 1. The summed E-state index contributed by atoms with van der Waals surface area (Å²) >= 11 is 0. The van der Waals surface area contributed by atoms with Gasteiger partial charge in [0.05, 0.1) is 46.2 Å². The van der Waals surface area contributed by atoms with E-state index in [9.17, 15) is 19.5 Å². The van der Waals surface area contributed by atoms with Crippen molar-refractivity contribution in [2.75, 3.05) is 28.4 Å². The van der Waals surface area contributed by atoms with Crippen LogP contribution >= 0.6 is 0 Å². The molecule has 4 rings (SSSR count). The topological polar surface area (TPSA) is 120 Å². The van der Waals surface area contributed by atoms with Crippen molar-refractivity contribution in [3.8, 4) is 33.8 Å². The van der Waals surface area contributed by atoms with Gasteiger partial charge in [-0.25, -0.2) is 9.59 Å². The molecule has 4 aromatic carbocycles. The molecule has 4 aromatic rings. The number of carbonyl (C=O) groups is 3. The predicted octanol–water partition coefficient (Wildman–Crippen LogP) is 5.03. The maximum atomic E-state index is 13.4. The molecular weight excluding hydrogens is 538 g/mol. The number of ether oxygens (including phenoxy) is 4. The molecule has 0 saturated carbocycles. The first kappa shape index (κ1) is 29.8. The van der Waals surface area contributed by atoms with Crippen molar-refractivity contribution < 1.29 is 38.4 Å². The van der Waals surface area contributed by atoms with Crippen LogP contribution in [0.15, 0.2) is 78.9 Å². The first-order chi connectivity index (χ1) is 20.3. The van der Waals surface area contributed by atoms with Crippen molar-refractivity contribution in [2.45, 2.75) is 13.2 Å². The molecule has 216 valence electrons. The first-order valence-electron chi connectivity index (χ1n) is 13.0. The molecule has 0 fully saturated rings. The van der Waals surface area contributed by atoms with Gasteiger partial charge in [-0.2, -0.15) is 0 Å². The van der Waals surface area contributed by atoms with Gasteiger partial charge in [-0.15, -0.1) is 0 Å². The van der Waals surface area contributed by atoms with E-state index >= 15 is 0 Å². The van der Waals surface area contributed by atoms with E-state index in [1.54, 1.807) is 36.4 Å². The summed E-state index contributed by atoms with van der Waals surface area (Å²) in [6.07, 6.45) is 0. The Bertz CT molecular complexity index is 1570. The van der Waals surface area contributed by atoms with Crippen LogP contribution in [0.5, 0.6) is 11.5 Å². The maximum absolute atomic E-state index is 13.4. The molecular formula is C33H31NO8. The smallest absolute Gasteiger partial charge is 0.337 e. The van der Waals surface area contributed by atoms with Gasteiger partial charge in [-0.3, -0.25) is 4.79 Å². The lowest BCUT2D eigenvalue weighted by atomic mass is 9.94. The zero-order valence-electron chi connectivity index (χ0n) is 23.7. The van der Waals surface area contributed by atoms with Crippen molar-refractivity contribution in [3.05, 3.63) is 107 Å². The van der Waals surface area contributed by atoms with E-state index in [-0.39, 0.29) is 30.2 Å². The minimum Gasteiger partial charge on any atom is -0.496 e. The molecule has 1 amide bonds. The van der Waals surface area contributed by atoms with Crippen LogP contribution in [0.25, 0.3) is 22.3 Å². The van der Waals surface area contributed by atoms with Crippen molar-refractivity contribution >= 4 is 17.8 Å². The highest BCUT2D eigenvalue weighted by Gasteiger charge is 2.20. The summed E-state index contributed by atoms with van der Waals surface area (Å²) < 4.78 is 20.5. The highest BCUT2D eigenvalue weighted by Crippen LogP contribution is 2.32. The zero-order chi connectivity index (χ0) is 30.2. The number of amides is 1. The second-order valence-corrected chi connectivity index (χ2v) is 9.23. The molecule has 0 heterocycles. The first-order valence-corrected chi connectivity index (χ1v) is 13.0. The van der Waals surface area contributed by atoms with Crippen molar-refractivity contribution in [2.24, 2.45) is 0 Å². The lowest BCUT2D eigenvalue weighted by molar-refractivity contribution is 0.0592. The molecule has 0 aliphatic carbocycles. The van der Waals surface area contributed by atoms with E-state index < -0.39 is 17.8 Å². The summed E-state index contributed by atoms with van der Waals surface area (Å²) in [5.41, 5.74) is 5.82. The average molecular weight is 570 g/mol.